The van der Waals surface area contributed by atoms with Crippen LogP contribution >= 0.6 is 0 Å². The molecular formula is C6H4BF3. The summed E-state index contributed by atoms with van der Waals surface area (Å²) in [5.74, 6) is -0.850. The van der Waals surface area contributed by atoms with E-state index in [0.29, 0.717) is 0 Å². The zero-order valence-electron chi connectivity index (χ0n) is 5.02. The minimum atomic E-state index is -2.72. The average Bonchev–Trinajstić information content (AvgIpc) is 1.88. The van der Waals surface area contributed by atoms with Gasteiger partial charge in [0.05, 0.1) is 0 Å². The van der Waals surface area contributed by atoms with E-state index in [4.69, 9.17) is 0 Å². The molecule has 1 aromatic rings. The van der Waals surface area contributed by atoms with E-state index in [1.165, 1.54) is 12.1 Å². The molecule has 0 spiro atoms. The van der Waals surface area contributed by atoms with Crippen molar-refractivity contribution in [3.63, 3.8) is 0 Å². The van der Waals surface area contributed by atoms with Crippen LogP contribution in [0.1, 0.15) is 0 Å². The third-order valence-corrected chi connectivity index (χ3v) is 1.14. The van der Waals surface area contributed by atoms with Crippen LogP contribution in [0.5, 0.6) is 0 Å². The zero-order valence-corrected chi connectivity index (χ0v) is 5.02. The lowest BCUT2D eigenvalue weighted by Gasteiger charge is -1.94. The Bertz CT molecular complexity index is 224. The van der Waals surface area contributed by atoms with Crippen molar-refractivity contribution < 1.29 is 13.0 Å². The predicted octanol–water partition coefficient (Wildman–Crippen LogP) is 1.46. The van der Waals surface area contributed by atoms with Crippen molar-refractivity contribution in [3.05, 3.63) is 30.1 Å². The second-order valence-electron chi connectivity index (χ2n) is 1.82. The van der Waals surface area contributed by atoms with Crippen LogP contribution in [0.3, 0.4) is 0 Å². The van der Waals surface area contributed by atoms with Gasteiger partial charge >= 0.3 is 7.27 Å². The Morgan fingerprint density at radius 2 is 1.70 bits per heavy atom. The van der Waals surface area contributed by atoms with Crippen molar-refractivity contribution in [1.82, 2.24) is 0 Å². The average molecular weight is 144 g/mol. The molecule has 4 heteroatoms. The van der Waals surface area contributed by atoms with Gasteiger partial charge in [0.2, 0.25) is 0 Å². The molecule has 0 saturated carbocycles. The lowest BCUT2D eigenvalue weighted by Crippen LogP contribution is -2.23. The maximum absolute atomic E-state index is 12.4. The Labute approximate surface area is 56.8 Å². The minimum Gasteiger partial charge on any atom is -0.281 e. The third-order valence-electron chi connectivity index (χ3n) is 1.14. The van der Waals surface area contributed by atoms with Gasteiger partial charge in [0.25, 0.3) is 0 Å². The summed E-state index contributed by atoms with van der Waals surface area (Å²) in [6.07, 6.45) is 0. The first kappa shape index (κ1) is 7.19. The molecule has 0 N–H and O–H groups in total. The summed E-state index contributed by atoms with van der Waals surface area (Å²) >= 11 is 0. The second kappa shape index (κ2) is 2.77. The number of hydrogen-bond acceptors (Lipinski definition) is 0. The molecule has 0 aliphatic rings. The quantitative estimate of drug-likeness (QED) is 0.523. The first-order chi connectivity index (χ1) is 4.72. The van der Waals surface area contributed by atoms with E-state index >= 15 is 0 Å². The predicted molar refractivity (Wildman–Crippen MR) is 34.0 cm³/mol. The Hall–Kier alpha value is -0.925. The van der Waals surface area contributed by atoms with Crippen molar-refractivity contribution in [2.24, 2.45) is 0 Å². The van der Waals surface area contributed by atoms with Crippen LogP contribution in [-0.2, 0) is 0 Å². The summed E-state index contributed by atoms with van der Waals surface area (Å²) < 4.78 is 35.9. The fourth-order valence-electron chi connectivity index (χ4n) is 0.652. The Morgan fingerprint density at radius 1 is 1.10 bits per heavy atom. The highest BCUT2D eigenvalue weighted by atomic mass is 19.2. The highest BCUT2D eigenvalue weighted by Crippen LogP contribution is 1.96. The van der Waals surface area contributed by atoms with E-state index in [0.717, 1.165) is 12.1 Å². The topological polar surface area (TPSA) is 0 Å². The maximum Gasteiger partial charge on any atom is 0.574 e. The maximum atomic E-state index is 12.4. The van der Waals surface area contributed by atoms with Crippen molar-refractivity contribution in [2.45, 2.75) is 0 Å². The fourth-order valence-corrected chi connectivity index (χ4v) is 0.652. The van der Waals surface area contributed by atoms with Gasteiger partial charge in [-0.2, -0.15) is 0 Å². The van der Waals surface area contributed by atoms with Gasteiger partial charge in [-0.1, -0.05) is 18.2 Å². The molecule has 0 aromatic heterocycles. The molecule has 0 aliphatic heterocycles. The van der Waals surface area contributed by atoms with Gasteiger partial charge in [-0.25, -0.2) is 4.39 Å². The van der Waals surface area contributed by atoms with Gasteiger partial charge in [-0.15, -0.1) is 0 Å². The summed E-state index contributed by atoms with van der Waals surface area (Å²) in [5.41, 5.74) is -0.539. The SMILES string of the molecule is FB(F)c1ccccc1F. The summed E-state index contributed by atoms with van der Waals surface area (Å²) in [6, 6.07) is 4.84. The molecule has 0 radical (unpaired) electrons. The van der Waals surface area contributed by atoms with Gasteiger partial charge in [0.15, 0.2) is 0 Å². The zero-order chi connectivity index (χ0) is 7.56. The lowest BCUT2D eigenvalue weighted by molar-refractivity contribution is 0.622. The highest BCUT2D eigenvalue weighted by Gasteiger charge is 2.19. The van der Waals surface area contributed by atoms with Crippen LogP contribution in [0.4, 0.5) is 13.0 Å². The van der Waals surface area contributed by atoms with Crippen LogP contribution in [0, 0.1) is 5.82 Å². The molecule has 0 aliphatic carbocycles. The second-order valence-corrected chi connectivity index (χ2v) is 1.82. The molecule has 1 aromatic carbocycles. The molecule has 0 nitrogen and oxygen atoms in total. The highest BCUT2D eigenvalue weighted by molar-refractivity contribution is 6.60. The van der Waals surface area contributed by atoms with Crippen LogP contribution < -0.4 is 5.46 Å². The van der Waals surface area contributed by atoms with Crippen molar-refractivity contribution in [3.8, 4) is 0 Å². The largest absolute Gasteiger partial charge is 0.574 e. The summed E-state index contributed by atoms with van der Waals surface area (Å²) in [4.78, 5) is 0. The number of benzene rings is 1. The molecule has 0 saturated heterocycles. The van der Waals surface area contributed by atoms with E-state index in [2.05, 4.69) is 0 Å². The van der Waals surface area contributed by atoms with E-state index in [9.17, 15) is 13.0 Å². The van der Waals surface area contributed by atoms with E-state index in [1.807, 2.05) is 0 Å². The van der Waals surface area contributed by atoms with Gasteiger partial charge in [0, 0.05) is 5.46 Å². The Morgan fingerprint density at radius 3 is 2.10 bits per heavy atom. The summed E-state index contributed by atoms with van der Waals surface area (Å²) in [7, 11) is -2.72. The molecular weight excluding hydrogens is 140 g/mol. The Balaban J connectivity index is 3.03. The number of rotatable bonds is 1. The van der Waals surface area contributed by atoms with E-state index < -0.39 is 18.5 Å². The Kier molecular flexibility index (Phi) is 1.99. The third kappa shape index (κ3) is 1.32. The van der Waals surface area contributed by atoms with Gasteiger partial charge in [-0.3, -0.25) is 8.63 Å². The summed E-state index contributed by atoms with van der Waals surface area (Å²) in [5, 5.41) is 0. The van der Waals surface area contributed by atoms with E-state index in [1.54, 1.807) is 0 Å². The van der Waals surface area contributed by atoms with Crippen molar-refractivity contribution in [2.75, 3.05) is 0 Å². The van der Waals surface area contributed by atoms with Crippen molar-refractivity contribution >= 4 is 12.7 Å². The van der Waals surface area contributed by atoms with Crippen molar-refractivity contribution in [1.29, 1.82) is 0 Å². The number of halogens is 3. The van der Waals surface area contributed by atoms with Crippen LogP contribution in [0.25, 0.3) is 0 Å². The van der Waals surface area contributed by atoms with Crippen LogP contribution in [0.2, 0.25) is 0 Å². The van der Waals surface area contributed by atoms with Crippen LogP contribution in [0.15, 0.2) is 24.3 Å². The smallest absolute Gasteiger partial charge is 0.281 e. The molecule has 1 rings (SSSR count). The normalized spacial score (nSPS) is 9.50. The molecule has 0 fully saturated rings. The monoisotopic (exact) mass is 144 g/mol. The molecule has 0 unspecified atom stereocenters. The summed E-state index contributed by atoms with van der Waals surface area (Å²) in [6.45, 7) is 0. The molecule has 10 heavy (non-hydrogen) atoms. The first-order valence-electron chi connectivity index (χ1n) is 2.74. The molecule has 0 heterocycles. The van der Waals surface area contributed by atoms with Gasteiger partial charge in [-0.05, 0) is 6.07 Å². The van der Waals surface area contributed by atoms with Gasteiger partial charge < -0.3 is 0 Å². The molecule has 0 atom stereocenters. The number of hydrogen-bond donors (Lipinski definition) is 0. The molecule has 52 valence electrons. The van der Waals surface area contributed by atoms with Crippen LogP contribution in [-0.4, -0.2) is 7.27 Å². The lowest BCUT2D eigenvalue weighted by atomic mass is 9.86. The minimum absolute atomic E-state index is 0.539. The molecule has 0 bridgehead atoms. The van der Waals surface area contributed by atoms with E-state index in [-0.39, 0.29) is 0 Å². The first-order valence-corrected chi connectivity index (χ1v) is 2.74. The fraction of sp³-hybridized carbons (Fsp3) is 0. The van der Waals surface area contributed by atoms with Gasteiger partial charge in [0.1, 0.15) is 5.82 Å². The molecule has 0 amide bonds. The standard InChI is InChI=1S/C6H4BF3/c8-6-4-2-1-3-5(6)7(9)10/h1-4H.